The molecule has 0 unspecified atom stereocenters. The summed E-state index contributed by atoms with van der Waals surface area (Å²) in [5.74, 6) is 0.239. The Labute approximate surface area is 263 Å². The monoisotopic (exact) mass is 646 g/mol. The number of carbonyl (C=O) groups excluding carboxylic acids is 3. The molecule has 3 aromatic rings. The van der Waals surface area contributed by atoms with Gasteiger partial charge in [-0.25, -0.2) is 9.59 Å². The maximum Gasteiger partial charge on any atom is 0.416 e. The topological polar surface area (TPSA) is 149 Å². The van der Waals surface area contributed by atoms with E-state index in [0.29, 0.717) is 34.1 Å². The molecule has 0 saturated heterocycles. The second-order valence-corrected chi connectivity index (χ2v) is 11.4. The number of rotatable bonds is 7. The van der Waals surface area contributed by atoms with E-state index in [-0.39, 0.29) is 43.6 Å². The van der Waals surface area contributed by atoms with Gasteiger partial charge in [0.2, 0.25) is 5.91 Å². The molecule has 0 aliphatic carbocycles. The second-order valence-electron chi connectivity index (χ2n) is 11.4. The van der Waals surface area contributed by atoms with Gasteiger partial charge in [0.15, 0.2) is 5.76 Å². The number of halogens is 3. The Morgan fingerprint density at radius 2 is 1.78 bits per heavy atom. The highest BCUT2D eigenvalue weighted by atomic mass is 19.4. The predicted molar refractivity (Wildman–Crippen MR) is 164 cm³/mol. The molecule has 12 nitrogen and oxygen atoms in total. The third-order valence-electron chi connectivity index (χ3n) is 7.71. The van der Waals surface area contributed by atoms with Gasteiger partial charge in [0.05, 0.1) is 31.2 Å². The second kappa shape index (κ2) is 14.1. The summed E-state index contributed by atoms with van der Waals surface area (Å²) in [6.07, 6.45) is -5.21. The lowest BCUT2D eigenvalue weighted by Gasteiger charge is -2.34. The van der Waals surface area contributed by atoms with Crippen molar-refractivity contribution in [2.24, 2.45) is 5.92 Å². The minimum atomic E-state index is -4.50. The molecule has 0 saturated carbocycles. The molecule has 248 valence electrons. The van der Waals surface area contributed by atoms with Gasteiger partial charge in [0.1, 0.15) is 23.2 Å². The Hall–Kier alpha value is -4.79. The highest BCUT2D eigenvalue weighted by molar-refractivity contribution is 6.00. The Kier molecular flexibility index (Phi) is 10.5. The summed E-state index contributed by atoms with van der Waals surface area (Å²) < 4.78 is 50.3. The number of nitrogens with zero attached hydrogens (tertiary/aromatic N) is 3. The number of amides is 5. The first-order valence-corrected chi connectivity index (χ1v) is 14.6. The standard InChI is InChI=1S/C31H37F3N6O6/c1-17-14-40(18(2)16-41)27(42)13-21-12-24(35-29(43)37-28-19(3)38-46-20(28)4)10-11-25(21)45-26(17)15-39(5)30(44)36-23-8-6-22(7-9-23)31(32,33)34/h6-12,17-18,26,41H,13-16H2,1-5H3,(H,36,44)(H2,35,37,43)/t17-,18+,26+/m1/s1. The van der Waals surface area contributed by atoms with Crippen molar-refractivity contribution in [3.8, 4) is 5.75 Å². The van der Waals surface area contributed by atoms with Crippen molar-refractivity contribution in [3.05, 3.63) is 65.0 Å². The fourth-order valence-corrected chi connectivity index (χ4v) is 4.98. The first-order chi connectivity index (χ1) is 21.7. The lowest BCUT2D eigenvalue weighted by Crippen LogP contribution is -2.48. The molecule has 2 aromatic carbocycles. The lowest BCUT2D eigenvalue weighted by molar-refractivity contribution is -0.137. The van der Waals surface area contributed by atoms with Crippen molar-refractivity contribution in [3.63, 3.8) is 0 Å². The van der Waals surface area contributed by atoms with Crippen LogP contribution in [0.4, 0.5) is 39.8 Å². The molecule has 1 aliphatic rings. The van der Waals surface area contributed by atoms with Crippen LogP contribution < -0.4 is 20.7 Å². The van der Waals surface area contributed by atoms with Gasteiger partial charge < -0.3 is 40.1 Å². The van der Waals surface area contributed by atoms with Crippen LogP contribution >= 0.6 is 0 Å². The van der Waals surface area contributed by atoms with Gasteiger partial charge in [-0.05, 0) is 63.2 Å². The third kappa shape index (κ3) is 8.27. The number of alkyl halides is 3. The maximum atomic E-state index is 13.5. The summed E-state index contributed by atoms with van der Waals surface area (Å²) in [4.78, 5) is 42.1. The quantitative estimate of drug-likeness (QED) is 0.273. The normalized spacial score (nSPS) is 17.5. The Bertz CT molecular complexity index is 1540. The van der Waals surface area contributed by atoms with Gasteiger partial charge in [0, 0.05) is 36.4 Å². The average Bonchev–Trinajstić information content (AvgIpc) is 3.33. The fraction of sp³-hybridized carbons (Fsp3) is 0.419. The number of urea groups is 2. The Morgan fingerprint density at radius 3 is 2.39 bits per heavy atom. The van der Waals surface area contributed by atoms with E-state index in [1.54, 1.807) is 43.9 Å². The van der Waals surface area contributed by atoms with Gasteiger partial charge in [-0.3, -0.25) is 4.79 Å². The molecule has 0 spiro atoms. The number of nitrogens with one attached hydrogen (secondary N) is 3. The molecule has 5 amide bonds. The SMILES string of the molecule is Cc1noc(C)c1NC(=O)Nc1ccc2c(c1)CC(=O)N([C@@H](C)CO)C[C@@H](C)[C@H](CN(C)C(=O)Nc1ccc(C(F)(F)F)cc1)O2. The van der Waals surface area contributed by atoms with Crippen LogP contribution in [0.2, 0.25) is 0 Å². The number of aliphatic hydroxyl groups is 1. The molecular formula is C31H37F3N6O6. The lowest BCUT2D eigenvalue weighted by atomic mass is 10.0. The summed E-state index contributed by atoms with van der Waals surface area (Å²) in [7, 11) is 1.52. The van der Waals surface area contributed by atoms with Crippen LogP contribution in [-0.2, 0) is 17.4 Å². The minimum Gasteiger partial charge on any atom is -0.488 e. The van der Waals surface area contributed by atoms with E-state index in [2.05, 4.69) is 21.1 Å². The molecule has 46 heavy (non-hydrogen) atoms. The van der Waals surface area contributed by atoms with Crippen LogP contribution in [0, 0.1) is 19.8 Å². The largest absolute Gasteiger partial charge is 0.488 e. The van der Waals surface area contributed by atoms with Crippen molar-refractivity contribution in [2.45, 2.75) is 52.4 Å². The average molecular weight is 647 g/mol. The molecule has 3 atom stereocenters. The highest BCUT2D eigenvalue weighted by Crippen LogP contribution is 2.31. The molecule has 1 aromatic heterocycles. The van der Waals surface area contributed by atoms with Crippen molar-refractivity contribution in [1.29, 1.82) is 0 Å². The fourth-order valence-electron chi connectivity index (χ4n) is 4.98. The molecule has 4 rings (SSSR count). The highest BCUT2D eigenvalue weighted by Gasteiger charge is 2.33. The van der Waals surface area contributed by atoms with Crippen LogP contribution in [0.3, 0.4) is 0 Å². The van der Waals surface area contributed by atoms with Gasteiger partial charge in [-0.2, -0.15) is 13.2 Å². The number of anilines is 3. The van der Waals surface area contributed by atoms with Gasteiger partial charge in [0.25, 0.3) is 0 Å². The van der Waals surface area contributed by atoms with Crippen LogP contribution in [0.1, 0.15) is 36.4 Å². The van der Waals surface area contributed by atoms with E-state index in [1.807, 2.05) is 6.92 Å². The van der Waals surface area contributed by atoms with Crippen molar-refractivity contribution >= 4 is 35.0 Å². The van der Waals surface area contributed by atoms with Crippen molar-refractivity contribution in [2.75, 3.05) is 42.7 Å². The minimum absolute atomic E-state index is 0.0580. The molecular weight excluding hydrogens is 609 g/mol. The molecule has 0 fully saturated rings. The number of hydrogen-bond donors (Lipinski definition) is 4. The first-order valence-electron chi connectivity index (χ1n) is 14.6. The number of aryl methyl sites for hydroxylation is 2. The Balaban J connectivity index is 1.54. The number of hydrogen-bond acceptors (Lipinski definition) is 7. The number of likely N-dealkylation sites (N-methyl/N-ethyl adjacent to an activating group) is 1. The molecule has 0 bridgehead atoms. The van der Waals surface area contributed by atoms with Crippen LogP contribution in [-0.4, -0.2) is 76.9 Å². The number of benzene rings is 2. The maximum absolute atomic E-state index is 13.5. The van der Waals surface area contributed by atoms with Crippen LogP contribution in [0.25, 0.3) is 0 Å². The van der Waals surface area contributed by atoms with Gasteiger partial charge in [-0.1, -0.05) is 12.1 Å². The van der Waals surface area contributed by atoms with Gasteiger partial charge >= 0.3 is 18.2 Å². The number of aromatic nitrogens is 1. The number of fused-ring (bicyclic) bond motifs is 1. The number of aliphatic hydroxyl groups excluding tert-OH is 1. The zero-order valence-electron chi connectivity index (χ0n) is 26.1. The van der Waals surface area contributed by atoms with E-state index in [9.17, 15) is 32.7 Å². The van der Waals surface area contributed by atoms with Crippen molar-refractivity contribution in [1.82, 2.24) is 15.0 Å². The Morgan fingerprint density at radius 1 is 1.11 bits per heavy atom. The predicted octanol–water partition coefficient (Wildman–Crippen LogP) is 5.27. The molecule has 4 N–H and O–H groups in total. The molecule has 2 heterocycles. The summed E-state index contributed by atoms with van der Waals surface area (Å²) in [6, 6.07) is 7.35. The van der Waals surface area contributed by atoms with Crippen molar-refractivity contribution < 1.29 is 41.9 Å². The van der Waals surface area contributed by atoms with Crippen LogP contribution in [0.15, 0.2) is 47.0 Å². The summed E-state index contributed by atoms with van der Waals surface area (Å²) in [5.41, 5.74) is 1.17. The van der Waals surface area contributed by atoms with E-state index >= 15 is 0 Å². The molecule has 0 radical (unpaired) electrons. The van der Waals surface area contributed by atoms with E-state index in [1.165, 1.54) is 24.1 Å². The number of carbonyl (C=O) groups is 3. The third-order valence-corrected chi connectivity index (χ3v) is 7.71. The molecule has 15 heteroatoms. The summed E-state index contributed by atoms with van der Waals surface area (Å²) in [6.45, 7) is 6.95. The molecule has 1 aliphatic heterocycles. The van der Waals surface area contributed by atoms with Gasteiger partial charge in [-0.15, -0.1) is 0 Å². The number of ether oxygens (including phenoxy) is 1. The van der Waals surface area contributed by atoms with Crippen LogP contribution in [0.5, 0.6) is 5.75 Å². The smallest absolute Gasteiger partial charge is 0.416 e. The van der Waals surface area contributed by atoms with E-state index < -0.39 is 35.9 Å². The zero-order valence-corrected chi connectivity index (χ0v) is 26.1. The van der Waals surface area contributed by atoms with E-state index in [0.717, 1.165) is 12.1 Å². The van der Waals surface area contributed by atoms with E-state index in [4.69, 9.17) is 9.26 Å². The first kappa shape index (κ1) is 34.1. The summed E-state index contributed by atoms with van der Waals surface area (Å²) >= 11 is 0. The summed E-state index contributed by atoms with van der Waals surface area (Å²) in [5, 5.41) is 21.7. The zero-order chi connectivity index (χ0) is 33.8.